The standard InChI is InChI=1S/C17H24N2O2/c1-12-7-8-15(20)11-19(12)17(21)18-10-14-9-16(14)13-5-3-2-4-6-13/h2-6,12,14-16,20H,7-11H2,1H3,(H,18,21)/t12-,14+,15-,16+/m1/s1. The number of rotatable bonds is 3. The van der Waals surface area contributed by atoms with Gasteiger partial charge in [-0.3, -0.25) is 0 Å². The van der Waals surface area contributed by atoms with Gasteiger partial charge < -0.3 is 15.3 Å². The summed E-state index contributed by atoms with van der Waals surface area (Å²) in [5, 5.41) is 12.7. The molecule has 4 heteroatoms. The first-order valence-electron chi connectivity index (χ1n) is 7.92. The van der Waals surface area contributed by atoms with Crippen molar-refractivity contribution in [3.05, 3.63) is 35.9 Å². The maximum Gasteiger partial charge on any atom is 0.317 e. The zero-order valence-electron chi connectivity index (χ0n) is 12.5. The fraction of sp³-hybridized carbons (Fsp3) is 0.588. The van der Waals surface area contributed by atoms with E-state index in [9.17, 15) is 9.90 Å². The number of urea groups is 1. The average molecular weight is 288 g/mol. The van der Waals surface area contributed by atoms with Gasteiger partial charge in [0.15, 0.2) is 0 Å². The van der Waals surface area contributed by atoms with Crippen molar-refractivity contribution in [1.82, 2.24) is 10.2 Å². The number of aliphatic hydroxyl groups is 1. The van der Waals surface area contributed by atoms with Crippen molar-refractivity contribution in [2.24, 2.45) is 5.92 Å². The van der Waals surface area contributed by atoms with Crippen LogP contribution >= 0.6 is 0 Å². The van der Waals surface area contributed by atoms with Crippen LogP contribution in [0.5, 0.6) is 0 Å². The minimum absolute atomic E-state index is 0.0278. The Morgan fingerprint density at radius 2 is 2.10 bits per heavy atom. The van der Waals surface area contributed by atoms with Gasteiger partial charge in [0.2, 0.25) is 0 Å². The quantitative estimate of drug-likeness (QED) is 0.897. The van der Waals surface area contributed by atoms with Crippen molar-refractivity contribution in [2.75, 3.05) is 13.1 Å². The van der Waals surface area contributed by atoms with Crippen LogP contribution in [0.15, 0.2) is 30.3 Å². The van der Waals surface area contributed by atoms with E-state index in [1.165, 1.54) is 5.56 Å². The second-order valence-corrected chi connectivity index (χ2v) is 6.43. The van der Waals surface area contributed by atoms with Crippen molar-refractivity contribution >= 4 is 6.03 Å². The van der Waals surface area contributed by atoms with E-state index in [1.54, 1.807) is 4.90 Å². The summed E-state index contributed by atoms with van der Waals surface area (Å²) in [7, 11) is 0. The lowest BCUT2D eigenvalue weighted by molar-refractivity contribution is 0.0598. The van der Waals surface area contributed by atoms with Crippen LogP contribution in [0, 0.1) is 5.92 Å². The molecule has 1 aromatic rings. The Balaban J connectivity index is 1.47. The predicted octanol–water partition coefficient (Wildman–Crippen LogP) is 2.34. The van der Waals surface area contributed by atoms with Gasteiger partial charge in [-0.05, 0) is 43.6 Å². The van der Waals surface area contributed by atoms with Crippen LogP contribution in [-0.4, -0.2) is 41.3 Å². The monoisotopic (exact) mass is 288 g/mol. The number of piperidine rings is 1. The number of carbonyl (C=O) groups is 1. The maximum atomic E-state index is 12.2. The first-order chi connectivity index (χ1) is 10.1. The summed E-state index contributed by atoms with van der Waals surface area (Å²) in [6.45, 7) is 3.24. The Kier molecular flexibility index (Phi) is 4.15. The molecule has 1 aliphatic heterocycles. The highest BCUT2D eigenvalue weighted by molar-refractivity contribution is 5.74. The number of amides is 2. The number of aliphatic hydroxyl groups excluding tert-OH is 1. The fourth-order valence-electron chi connectivity index (χ4n) is 3.27. The van der Waals surface area contributed by atoms with Gasteiger partial charge in [0, 0.05) is 19.1 Å². The molecule has 1 heterocycles. The van der Waals surface area contributed by atoms with Crippen molar-refractivity contribution < 1.29 is 9.90 Å². The Morgan fingerprint density at radius 1 is 1.33 bits per heavy atom. The van der Waals surface area contributed by atoms with Crippen LogP contribution in [0.25, 0.3) is 0 Å². The van der Waals surface area contributed by atoms with E-state index >= 15 is 0 Å². The van der Waals surface area contributed by atoms with E-state index in [1.807, 2.05) is 6.07 Å². The SMILES string of the molecule is C[C@@H]1CC[C@@H](O)CN1C(=O)NC[C@@H]1C[C@H]1c1ccccc1. The van der Waals surface area contributed by atoms with Crippen molar-refractivity contribution in [2.45, 2.75) is 44.2 Å². The summed E-state index contributed by atoms with van der Waals surface area (Å²) < 4.78 is 0. The molecule has 0 aromatic heterocycles. The summed E-state index contributed by atoms with van der Waals surface area (Å²) in [6, 6.07) is 10.7. The molecule has 3 rings (SSSR count). The molecule has 2 fully saturated rings. The molecule has 0 bridgehead atoms. The number of nitrogens with zero attached hydrogens (tertiary/aromatic N) is 1. The van der Waals surface area contributed by atoms with Gasteiger partial charge in [0.1, 0.15) is 0 Å². The van der Waals surface area contributed by atoms with Gasteiger partial charge in [-0.2, -0.15) is 0 Å². The van der Waals surface area contributed by atoms with Crippen LogP contribution in [-0.2, 0) is 0 Å². The fourth-order valence-corrected chi connectivity index (χ4v) is 3.27. The summed E-state index contributed by atoms with van der Waals surface area (Å²) in [4.78, 5) is 14.0. The van der Waals surface area contributed by atoms with E-state index in [0.717, 1.165) is 25.8 Å². The molecule has 21 heavy (non-hydrogen) atoms. The number of hydrogen-bond donors (Lipinski definition) is 2. The first kappa shape index (κ1) is 14.4. The molecule has 2 N–H and O–H groups in total. The van der Waals surface area contributed by atoms with Gasteiger partial charge in [0.05, 0.1) is 6.10 Å². The van der Waals surface area contributed by atoms with E-state index in [-0.39, 0.29) is 18.2 Å². The predicted molar refractivity (Wildman–Crippen MR) is 82.1 cm³/mol. The zero-order valence-corrected chi connectivity index (χ0v) is 12.5. The number of carbonyl (C=O) groups excluding carboxylic acids is 1. The third-order valence-electron chi connectivity index (χ3n) is 4.78. The summed E-state index contributed by atoms with van der Waals surface area (Å²) >= 11 is 0. The Morgan fingerprint density at radius 3 is 2.86 bits per heavy atom. The molecule has 4 atom stereocenters. The number of nitrogens with one attached hydrogen (secondary N) is 1. The molecule has 2 amide bonds. The van der Waals surface area contributed by atoms with E-state index in [0.29, 0.717) is 18.4 Å². The van der Waals surface area contributed by atoms with Gasteiger partial charge in [-0.15, -0.1) is 0 Å². The number of hydrogen-bond acceptors (Lipinski definition) is 2. The maximum absolute atomic E-state index is 12.2. The lowest BCUT2D eigenvalue weighted by atomic mass is 10.0. The van der Waals surface area contributed by atoms with Crippen LogP contribution in [0.3, 0.4) is 0 Å². The Labute approximate surface area is 126 Å². The van der Waals surface area contributed by atoms with Crippen molar-refractivity contribution in [3.63, 3.8) is 0 Å². The number of β-amino-alcohol motifs (C(OH)–C–C–N with tert-alkyl or cyclic N) is 1. The second kappa shape index (κ2) is 6.06. The third kappa shape index (κ3) is 3.38. The van der Waals surface area contributed by atoms with Crippen LogP contribution < -0.4 is 5.32 Å². The van der Waals surface area contributed by atoms with E-state index < -0.39 is 0 Å². The average Bonchev–Trinajstić information content (AvgIpc) is 3.28. The molecule has 1 saturated heterocycles. The minimum atomic E-state index is -0.370. The summed E-state index contributed by atoms with van der Waals surface area (Å²) in [5.41, 5.74) is 1.37. The molecular weight excluding hydrogens is 264 g/mol. The lowest BCUT2D eigenvalue weighted by Crippen LogP contribution is -2.51. The Bertz CT molecular complexity index is 491. The van der Waals surface area contributed by atoms with Crippen LogP contribution in [0.1, 0.15) is 37.7 Å². The van der Waals surface area contributed by atoms with Gasteiger partial charge >= 0.3 is 6.03 Å². The molecule has 4 nitrogen and oxygen atoms in total. The second-order valence-electron chi connectivity index (χ2n) is 6.43. The van der Waals surface area contributed by atoms with Crippen LogP contribution in [0.4, 0.5) is 4.79 Å². The number of likely N-dealkylation sites (tertiary alicyclic amines) is 1. The number of benzene rings is 1. The van der Waals surface area contributed by atoms with Gasteiger partial charge in [0.25, 0.3) is 0 Å². The first-order valence-corrected chi connectivity index (χ1v) is 7.92. The highest BCUT2D eigenvalue weighted by Crippen LogP contribution is 2.46. The molecule has 0 unspecified atom stereocenters. The molecule has 2 aliphatic rings. The highest BCUT2D eigenvalue weighted by Gasteiger charge is 2.38. The van der Waals surface area contributed by atoms with Crippen molar-refractivity contribution in [3.8, 4) is 0 Å². The smallest absolute Gasteiger partial charge is 0.317 e. The van der Waals surface area contributed by atoms with E-state index in [2.05, 4.69) is 36.5 Å². The highest BCUT2D eigenvalue weighted by atomic mass is 16.3. The van der Waals surface area contributed by atoms with E-state index in [4.69, 9.17) is 0 Å². The minimum Gasteiger partial charge on any atom is -0.391 e. The molecule has 1 aromatic carbocycles. The zero-order chi connectivity index (χ0) is 14.8. The molecule has 1 saturated carbocycles. The molecule has 114 valence electrons. The molecule has 0 radical (unpaired) electrons. The normalized spacial score (nSPS) is 31.8. The summed E-state index contributed by atoms with van der Waals surface area (Å²) in [5.74, 6) is 1.15. The van der Waals surface area contributed by atoms with Gasteiger partial charge in [-0.1, -0.05) is 30.3 Å². The van der Waals surface area contributed by atoms with Gasteiger partial charge in [-0.25, -0.2) is 4.79 Å². The van der Waals surface area contributed by atoms with Crippen molar-refractivity contribution in [1.29, 1.82) is 0 Å². The summed E-state index contributed by atoms with van der Waals surface area (Å²) in [6.07, 6.45) is 2.46. The molecule has 1 aliphatic carbocycles. The topological polar surface area (TPSA) is 52.6 Å². The molecular formula is C17H24N2O2. The third-order valence-corrected chi connectivity index (χ3v) is 4.78. The largest absolute Gasteiger partial charge is 0.391 e. The lowest BCUT2D eigenvalue weighted by Gasteiger charge is -2.36. The van der Waals surface area contributed by atoms with Crippen LogP contribution in [0.2, 0.25) is 0 Å². The Hall–Kier alpha value is -1.55. The molecule has 0 spiro atoms.